The fraction of sp³-hybridized carbons (Fsp3) is 0.765. The molecule has 0 aromatic rings. The molecule has 0 aromatic heterocycles. The van der Waals surface area contributed by atoms with Crippen molar-refractivity contribution in [1.82, 2.24) is 58.5 Å². The van der Waals surface area contributed by atoms with Crippen LogP contribution in [0.3, 0.4) is 0 Å². The largest absolute Gasteiger partial charge is 0.463 e. The van der Waals surface area contributed by atoms with E-state index in [2.05, 4.69) is 58.5 Å². The zero-order valence-corrected chi connectivity index (χ0v) is 78.6. The zero-order valence-electron chi connectivity index (χ0n) is 78.6. The summed E-state index contributed by atoms with van der Waals surface area (Å²) >= 11 is 0. The summed E-state index contributed by atoms with van der Waals surface area (Å²) < 4.78 is 102. The Morgan fingerprint density at radius 3 is 0.739 bits per heavy atom. The predicted molar refractivity (Wildman–Crippen MR) is 458 cm³/mol. The minimum Gasteiger partial charge on any atom is -0.463 e. The first-order chi connectivity index (χ1) is 63.6. The lowest BCUT2D eigenvalue weighted by atomic mass is 9.96. The summed E-state index contributed by atoms with van der Waals surface area (Å²) in [6.45, 7) is 11.7. The fourth-order valence-electron chi connectivity index (χ4n) is 13.6. The van der Waals surface area contributed by atoms with E-state index in [4.69, 9.17) is 85.3 Å². The van der Waals surface area contributed by atoms with Gasteiger partial charge in [-0.25, -0.2) is 0 Å². The predicted octanol–water partition coefficient (Wildman–Crippen LogP) is -2.63. The van der Waals surface area contributed by atoms with E-state index in [0.717, 1.165) is 62.3 Å². The van der Waals surface area contributed by atoms with Crippen molar-refractivity contribution >= 4 is 119 Å². The summed E-state index contributed by atoms with van der Waals surface area (Å²) in [5.74, 6) is -11.5. The molecular formula is C85H137N11O38. The highest BCUT2D eigenvalue weighted by atomic mass is 16.7. The summed E-state index contributed by atoms with van der Waals surface area (Å²) in [5.41, 5.74) is -1.54. The second kappa shape index (κ2) is 65.6. The lowest BCUT2D eigenvalue weighted by Gasteiger charge is -2.44. The molecule has 3 aliphatic heterocycles. The molecule has 134 heavy (non-hydrogen) atoms. The fourth-order valence-corrected chi connectivity index (χ4v) is 13.6. The van der Waals surface area contributed by atoms with Crippen LogP contribution in [0.15, 0.2) is 0 Å². The Balaban J connectivity index is 1.62. The maximum atomic E-state index is 13.8. The SMILES string of the molecule is CNC(=O)CCCC(=O)NC(COCCC(=O)NCCCNC(=O)CCCCO[C@@H]1OC(COC(C)=O)[C@H](OC(C)=O)C(OC(C)=O)[C@@H]1NC(C)=O)(COCCC(=O)NCCCNC(=O)CCCCO[C@@H]1OC(COC(C)=O)[C@H](OC(C)=O)C(OC(C)=O)[C@@H]1NC(C)=O)COCCC(=O)NCCCNC(=O)CCCCO[C@@H]1OC(COC(C)=O)[C@H](OC(C)=O)C(OC(C)=O)[C@@H]1NC(C)=O. The minimum absolute atomic E-state index is 0.00176. The summed E-state index contributed by atoms with van der Waals surface area (Å²) in [5, 5.41) is 29.9. The first-order valence-electron chi connectivity index (χ1n) is 44.5. The Kier molecular flexibility index (Phi) is 57.4. The van der Waals surface area contributed by atoms with Crippen LogP contribution in [0.1, 0.15) is 199 Å². The van der Waals surface area contributed by atoms with Crippen molar-refractivity contribution in [1.29, 1.82) is 0 Å². The molecule has 0 spiro atoms. The van der Waals surface area contributed by atoms with Gasteiger partial charge in [-0.2, -0.15) is 0 Å². The third-order valence-corrected chi connectivity index (χ3v) is 19.5. The van der Waals surface area contributed by atoms with Crippen LogP contribution < -0.4 is 58.5 Å². The molecule has 3 rings (SSSR count). The average molecular weight is 1920 g/mol. The lowest BCUT2D eigenvalue weighted by molar-refractivity contribution is -0.277. The second-order valence-electron chi connectivity index (χ2n) is 31.6. The highest BCUT2D eigenvalue weighted by Gasteiger charge is 2.55. The van der Waals surface area contributed by atoms with Gasteiger partial charge in [0.1, 0.15) is 61.8 Å². The Bertz CT molecular complexity index is 3460. The van der Waals surface area contributed by atoms with E-state index < -0.39 is 212 Å². The molecule has 15 atom stereocenters. The Morgan fingerprint density at radius 1 is 0.261 bits per heavy atom. The van der Waals surface area contributed by atoms with E-state index in [1.165, 1.54) is 27.8 Å². The van der Waals surface area contributed by atoms with Gasteiger partial charge in [0.05, 0.1) is 39.6 Å². The summed E-state index contributed by atoms with van der Waals surface area (Å²) in [6, 6.07) is -3.53. The first-order valence-corrected chi connectivity index (χ1v) is 44.5. The third kappa shape index (κ3) is 50.9. The van der Waals surface area contributed by atoms with Crippen LogP contribution in [0.2, 0.25) is 0 Å². The maximum absolute atomic E-state index is 13.8. The molecular weight excluding hydrogens is 1780 g/mol. The van der Waals surface area contributed by atoms with Crippen molar-refractivity contribution in [3.8, 4) is 0 Å². The quantitative estimate of drug-likeness (QED) is 0.0169. The number of hydrogen-bond donors (Lipinski definition) is 11. The summed E-state index contributed by atoms with van der Waals surface area (Å²) in [6.07, 6.45) is -12.8. The number of amides is 11. The van der Waals surface area contributed by atoms with E-state index in [1.54, 1.807) is 0 Å². The molecule has 3 aliphatic rings. The normalized spacial score (nSPS) is 21.6. The monoisotopic (exact) mass is 1920 g/mol. The van der Waals surface area contributed by atoms with Gasteiger partial charge < -0.3 is 144 Å². The van der Waals surface area contributed by atoms with Crippen molar-refractivity contribution in [2.75, 3.05) is 126 Å². The number of esters is 9. The third-order valence-electron chi connectivity index (χ3n) is 19.5. The van der Waals surface area contributed by atoms with Gasteiger partial charge in [0.2, 0.25) is 65.0 Å². The van der Waals surface area contributed by atoms with Gasteiger partial charge >= 0.3 is 53.7 Å². The Labute approximate surface area is 777 Å². The highest BCUT2D eigenvalue weighted by Crippen LogP contribution is 2.32. The molecule has 49 nitrogen and oxygen atoms in total. The minimum atomic E-state index is -1.54. The van der Waals surface area contributed by atoms with Gasteiger partial charge in [0.15, 0.2) is 55.5 Å². The summed E-state index contributed by atoms with van der Waals surface area (Å²) in [4.78, 5) is 249. The van der Waals surface area contributed by atoms with Crippen LogP contribution in [0.4, 0.5) is 0 Å². The molecule has 6 unspecified atom stereocenters. The van der Waals surface area contributed by atoms with Crippen molar-refractivity contribution in [2.24, 2.45) is 0 Å². The van der Waals surface area contributed by atoms with Gasteiger partial charge in [0.25, 0.3) is 0 Å². The molecule has 0 saturated carbocycles. The number of hydrogen-bond acceptors (Lipinski definition) is 38. The van der Waals surface area contributed by atoms with Gasteiger partial charge in [-0.05, 0) is 64.2 Å². The molecule has 3 heterocycles. The smallest absolute Gasteiger partial charge is 0.303 e. The van der Waals surface area contributed by atoms with Crippen LogP contribution in [-0.2, 0) is 181 Å². The van der Waals surface area contributed by atoms with Crippen LogP contribution in [0.25, 0.3) is 0 Å². The van der Waals surface area contributed by atoms with E-state index in [-0.39, 0.29) is 180 Å². The molecule has 0 aliphatic carbocycles. The molecule has 11 amide bonds. The van der Waals surface area contributed by atoms with Gasteiger partial charge in [-0.3, -0.25) is 95.9 Å². The molecule has 760 valence electrons. The van der Waals surface area contributed by atoms with Crippen molar-refractivity contribution in [3.05, 3.63) is 0 Å². The molecule has 3 fully saturated rings. The van der Waals surface area contributed by atoms with Crippen LogP contribution >= 0.6 is 0 Å². The molecule has 0 radical (unpaired) electrons. The maximum Gasteiger partial charge on any atom is 0.303 e. The molecule has 0 aromatic carbocycles. The Hall–Kier alpha value is -11.0. The number of carbonyl (C=O) groups excluding carboxylic acids is 20. The van der Waals surface area contributed by atoms with Gasteiger partial charge in [0, 0.05) is 201 Å². The van der Waals surface area contributed by atoms with E-state index in [1.807, 2.05) is 0 Å². The number of carbonyl (C=O) groups is 20. The average Bonchev–Trinajstić information content (AvgIpc) is 0.794. The van der Waals surface area contributed by atoms with E-state index in [9.17, 15) is 95.9 Å². The number of rotatable bonds is 65. The molecule has 0 bridgehead atoms. The molecule has 3 saturated heterocycles. The molecule has 11 N–H and O–H groups in total. The zero-order chi connectivity index (χ0) is 99.7. The topological polar surface area (TPSA) is 640 Å². The first kappa shape index (κ1) is 117. The number of unbranched alkanes of at least 4 members (excludes halogenated alkanes) is 3. The van der Waals surface area contributed by atoms with Crippen LogP contribution in [0.5, 0.6) is 0 Å². The van der Waals surface area contributed by atoms with Gasteiger partial charge in [-0.1, -0.05) is 0 Å². The lowest BCUT2D eigenvalue weighted by Crippen LogP contribution is -2.66. The van der Waals surface area contributed by atoms with Gasteiger partial charge in [-0.15, -0.1) is 0 Å². The van der Waals surface area contributed by atoms with E-state index in [0.29, 0.717) is 57.8 Å². The number of nitrogens with one attached hydrogen (secondary N) is 11. The van der Waals surface area contributed by atoms with Crippen molar-refractivity contribution in [3.63, 3.8) is 0 Å². The van der Waals surface area contributed by atoms with Crippen LogP contribution in [-0.4, -0.2) is 342 Å². The number of ether oxygens (including phenoxy) is 18. The van der Waals surface area contributed by atoms with Crippen molar-refractivity contribution < 1.29 is 181 Å². The standard InChI is InChI=1S/C85H137N11O38/c1-50(97)93-73-79(129-59(10)106)76(126-56(7)103)62(44-123-53(4)100)132-82(73)120-38-17-14-24-66(110)87-32-21-35-90-69(113)29-41-117-47-85(96-72(116)28-20-27-65(109)86-13,48-118-42-30-70(114)91-36-22-33-88-67(111)25-15-18-39-121-83-74(94-51(2)98)80(130-60(11)107)77(127-57(8)104)63(133-83)45-124-54(5)101)49-119-43-31-71(115)92-37-23-34-89-68(112)26-16-19-40-122-84-75(95-52(3)99)81(131-61(12)108)78(128-58(9)105)64(134-84)46-125-55(6)102/h62-64,73-84H,14-49H2,1-13H3,(H,86,109)(H,87,110)(H,88,111)(H,89,112)(H,90,113)(H,91,114)(H,92,115)(H,93,97)(H,94,98)(H,95,99)(H,96,116)/t62?,63?,64?,73-,74-,75-,76-,77-,78-,79?,80?,81?,82+,83+,84+,85?/m0/s1. The summed E-state index contributed by atoms with van der Waals surface area (Å²) in [7, 11) is 1.44. The van der Waals surface area contributed by atoms with Crippen LogP contribution in [0, 0.1) is 0 Å². The Morgan fingerprint density at radius 2 is 0.500 bits per heavy atom. The highest BCUT2D eigenvalue weighted by molar-refractivity contribution is 5.81. The molecule has 49 heteroatoms. The van der Waals surface area contributed by atoms with Crippen molar-refractivity contribution in [2.45, 2.75) is 296 Å². The second-order valence-corrected chi connectivity index (χ2v) is 31.6. The van der Waals surface area contributed by atoms with E-state index >= 15 is 0 Å².